The Balaban J connectivity index is 1.96. The molecule has 6 heteroatoms. The fourth-order valence-corrected chi connectivity index (χ4v) is 2.08. The maximum Gasteiger partial charge on any atom is 0.226 e. The van der Waals surface area contributed by atoms with Gasteiger partial charge in [-0.25, -0.2) is 0 Å². The predicted octanol–water partition coefficient (Wildman–Crippen LogP) is 1.02. The van der Waals surface area contributed by atoms with E-state index >= 15 is 0 Å². The van der Waals surface area contributed by atoms with Crippen LogP contribution in [0.5, 0.6) is 11.5 Å². The smallest absolute Gasteiger partial charge is 0.226 e. The summed E-state index contributed by atoms with van der Waals surface area (Å²) in [6, 6.07) is 5.34. The predicted molar refractivity (Wildman–Crippen MR) is 75.4 cm³/mol. The zero-order chi connectivity index (χ0) is 14.4. The number of hydrogen-bond acceptors (Lipinski definition) is 5. The minimum Gasteiger partial charge on any atom is -0.497 e. The molecule has 1 aliphatic heterocycles. The number of benzene rings is 1. The van der Waals surface area contributed by atoms with Gasteiger partial charge in [0.2, 0.25) is 5.91 Å². The van der Waals surface area contributed by atoms with E-state index in [0.717, 1.165) is 6.54 Å². The molecule has 0 aliphatic carbocycles. The lowest BCUT2D eigenvalue weighted by Crippen LogP contribution is -2.43. The van der Waals surface area contributed by atoms with Gasteiger partial charge in [0, 0.05) is 25.1 Å². The third-order valence-electron chi connectivity index (χ3n) is 3.11. The standard InChI is InChI=1S/C14H20N2O4/c1-18-11-3-4-12(13(8-11)19-2)16-14(17)7-10-9-20-6-5-15-10/h3-4,8,10,15H,5-7,9H2,1-2H3,(H,16,17). The van der Waals surface area contributed by atoms with Crippen LogP contribution in [0.4, 0.5) is 5.69 Å². The fraction of sp³-hybridized carbons (Fsp3) is 0.500. The molecular weight excluding hydrogens is 260 g/mol. The Hall–Kier alpha value is -1.79. The number of anilines is 1. The van der Waals surface area contributed by atoms with Crippen molar-refractivity contribution in [3.8, 4) is 11.5 Å². The molecule has 0 radical (unpaired) electrons. The highest BCUT2D eigenvalue weighted by Gasteiger charge is 2.17. The van der Waals surface area contributed by atoms with Gasteiger partial charge in [0.1, 0.15) is 11.5 Å². The highest BCUT2D eigenvalue weighted by atomic mass is 16.5. The van der Waals surface area contributed by atoms with Gasteiger partial charge >= 0.3 is 0 Å². The second-order valence-corrected chi connectivity index (χ2v) is 4.54. The van der Waals surface area contributed by atoms with Crippen LogP contribution in [0.3, 0.4) is 0 Å². The van der Waals surface area contributed by atoms with E-state index in [-0.39, 0.29) is 11.9 Å². The summed E-state index contributed by atoms with van der Waals surface area (Å²) in [4.78, 5) is 12.0. The van der Waals surface area contributed by atoms with Crippen LogP contribution < -0.4 is 20.1 Å². The second kappa shape index (κ2) is 7.12. The summed E-state index contributed by atoms with van der Waals surface area (Å²) in [5, 5.41) is 6.09. The summed E-state index contributed by atoms with van der Waals surface area (Å²) in [7, 11) is 3.14. The van der Waals surface area contributed by atoms with E-state index in [9.17, 15) is 4.79 Å². The number of methoxy groups -OCH3 is 2. The monoisotopic (exact) mass is 280 g/mol. The first-order valence-corrected chi connectivity index (χ1v) is 6.56. The van der Waals surface area contributed by atoms with E-state index in [1.165, 1.54) is 0 Å². The Kier molecular flexibility index (Phi) is 5.20. The van der Waals surface area contributed by atoms with Crippen molar-refractivity contribution >= 4 is 11.6 Å². The molecule has 0 spiro atoms. The molecule has 2 N–H and O–H groups in total. The topological polar surface area (TPSA) is 68.8 Å². The number of amides is 1. The SMILES string of the molecule is COc1ccc(NC(=O)CC2COCCN2)c(OC)c1. The fourth-order valence-electron chi connectivity index (χ4n) is 2.08. The van der Waals surface area contributed by atoms with Gasteiger partial charge in [-0.1, -0.05) is 0 Å². The minimum absolute atomic E-state index is 0.0630. The van der Waals surface area contributed by atoms with Gasteiger partial charge in [-0.2, -0.15) is 0 Å². The first-order valence-electron chi connectivity index (χ1n) is 6.56. The van der Waals surface area contributed by atoms with Crippen LogP contribution >= 0.6 is 0 Å². The van der Waals surface area contributed by atoms with Crippen molar-refractivity contribution in [2.24, 2.45) is 0 Å². The highest BCUT2D eigenvalue weighted by Crippen LogP contribution is 2.29. The van der Waals surface area contributed by atoms with E-state index < -0.39 is 0 Å². The van der Waals surface area contributed by atoms with Gasteiger partial charge in [0.05, 0.1) is 33.1 Å². The lowest BCUT2D eigenvalue weighted by Gasteiger charge is -2.23. The summed E-state index contributed by atoms with van der Waals surface area (Å²) in [6.45, 7) is 2.04. The molecule has 1 aromatic rings. The van der Waals surface area contributed by atoms with E-state index in [1.807, 2.05) is 0 Å². The van der Waals surface area contributed by atoms with Crippen LogP contribution in [0, 0.1) is 0 Å². The molecular formula is C14H20N2O4. The van der Waals surface area contributed by atoms with Crippen LogP contribution in [0.1, 0.15) is 6.42 Å². The molecule has 0 aromatic heterocycles. The summed E-state index contributed by atoms with van der Waals surface area (Å²) in [5.74, 6) is 1.18. The Morgan fingerprint density at radius 3 is 2.95 bits per heavy atom. The lowest BCUT2D eigenvalue weighted by molar-refractivity contribution is -0.117. The molecule has 1 heterocycles. The normalized spacial score (nSPS) is 18.4. The van der Waals surface area contributed by atoms with Crippen molar-refractivity contribution in [1.29, 1.82) is 0 Å². The number of carbonyl (C=O) groups excluding carboxylic acids is 1. The summed E-state index contributed by atoms with van der Waals surface area (Å²) in [5.41, 5.74) is 0.634. The van der Waals surface area contributed by atoms with Gasteiger partial charge < -0.3 is 24.8 Å². The van der Waals surface area contributed by atoms with Crippen LogP contribution in [0.2, 0.25) is 0 Å². The largest absolute Gasteiger partial charge is 0.497 e. The highest BCUT2D eigenvalue weighted by molar-refractivity contribution is 5.92. The first-order chi connectivity index (χ1) is 9.72. The maximum atomic E-state index is 12.0. The third-order valence-corrected chi connectivity index (χ3v) is 3.11. The molecule has 0 bridgehead atoms. The average molecular weight is 280 g/mol. The van der Waals surface area contributed by atoms with Crippen molar-refractivity contribution in [3.05, 3.63) is 18.2 Å². The summed E-state index contributed by atoms with van der Waals surface area (Å²) >= 11 is 0. The Morgan fingerprint density at radius 1 is 1.45 bits per heavy atom. The summed E-state index contributed by atoms with van der Waals surface area (Å²) in [6.07, 6.45) is 0.370. The Morgan fingerprint density at radius 2 is 2.30 bits per heavy atom. The van der Waals surface area contributed by atoms with Gasteiger partial charge in [-0.05, 0) is 12.1 Å². The number of hydrogen-bond donors (Lipinski definition) is 2. The average Bonchev–Trinajstić information content (AvgIpc) is 2.48. The molecule has 20 heavy (non-hydrogen) atoms. The number of morpholine rings is 1. The van der Waals surface area contributed by atoms with Crippen molar-refractivity contribution in [2.45, 2.75) is 12.5 Å². The summed E-state index contributed by atoms with van der Waals surface area (Å²) < 4.78 is 15.7. The molecule has 110 valence electrons. The van der Waals surface area contributed by atoms with Crippen molar-refractivity contribution in [1.82, 2.24) is 5.32 Å². The molecule has 1 saturated heterocycles. The second-order valence-electron chi connectivity index (χ2n) is 4.54. The third kappa shape index (κ3) is 3.85. The van der Waals surface area contributed by atoms with Crippen LogP contribution in [0.25, 0.3) is 0 Å². The van der Waals surface area contributed by atoms with Gasteiger partial charge in [-0.15, -0.1) is 0 Å². The first kappa shape index (κ1) is 14.6. The van der Waals surface area contributed by atoms with Crippen LogP contribution in [0.15, 0.2) is 18.2 Å². The van der Waals surface area contributed by atoms with Gasteiger partial charge in [-0.3, -0.25) is 4.79 Å². The van der Waals surface area contributed by atoms with Crippen molar-refractivity contribution in [3.63, 3.8) is 0 Å². The Bertz CT molecular complexity index is 458. The molecule has 1 atom stereocenters. The number of rotatable bonds is 5. The van der Waals surface area contributed by atoms with Crippen LogP contribution in [-0.4, -0.2) is 45.9 Å². The molecule has 0 saturated carbocycles. The Labute approximate surface area is 118 Å². The quantitative estimate of drug-likeness (QED) is 0.843. The zero-order valence-electron chi connectivity index (χ0n) is 11.8. The van der Waals surface area contributed by atoms with Gasteiger partial charge in [0.25, 0.3) is 0 Å². The van der Waals surface area contributed by atoms with E-state index in [2.05, 4.69) is 10.6 Å². The maximum absolute atomic E-state index is 12.0. The van der Waals surface area contributed by atoms with E-state index in [0.29, 0.717) is 36.8 Å². The number of carbonyl (C=O) groups is 1. The molecule has 1 aromatic carbocycles. The van der Waals surface area contributed by atoms with Crippen molar-refractivity contribution < 1.29 is 19.0 Å². The minimum atomic E-state index is -0.0727. The molecule has 1 unspecified atom stereocenters. The zero-order valence-corrected chi connectivity index (χ0v) is 11.8. The molecule has 1 amide bonds. The molecule has 1 fully saturated rings. The van der Waals surface area contributed by atoms with E-state index in [4.69, 9.17) is 14.2 Å². The van der Waals surface area contributed by atoms with Crippen molar-refractivity contribution in [2.75, 3.05) is 39.3 Å². The molecule has 2 rings (SSSR count). The van der Waals surface area contributed by atoms with Gasteiger partial charge in [0.15, 0.2) is 0 Å². The molecule has 1 aliphatic rings. The number of nitrogens with one attached hydrogen (secondary N) is 2. The molecule has 6 nitrogen and oxygen atoms in total. The number of ether oxygens (including phenoxy) is 3. The van der Waals surface area contributed by atoms with Crippen LogP contribution in [-0.2, 0) is 9.53 Å². The lowest BCUT2D eigenvalue weighted by atomic mass is 10.2. The van der Waals surface area contributed by atoms with E-state index in [1.54, 1.807) is 32.4 Å².